The maximum atomic E-state index is 13.5. The minimum absolute atomic E-state index is 0. The van der Waals surface area contributed by atoms with Crippen LogP contribution in [-0.2, 0) is 6.54 Å². The number of fused-ring (bicyclic) bond motifs is 1. The molecule has 0 atom stereocenters. The van der Waals surface area contributed by atoms with Crippen molar-refractivity contribution in [3.63, 3.8) is 0 Å². The number of nitrogens with one attached hydrogen (secondary N) is 1. The Morgan fingerprint density at radius 2 is 1.93 bits per heavy atom. The third-order valence-corrected chi connectivity index (χ3v) is 5.21. The Hall–Kier alpha value is -2.56. The summed E-state index contributed by atoms with van der Waals surface area (Å²) in [7, 11) is 1.73. The molecule has 1 saturated heterocycles. The zero-order valence-electron chi connectivity index (χ0n) is 16.9. The van der Waals surface area contributed by atoms with Gasteiger partial charge in [-0.25, -0.2) is 4.39 Å². The van der Waals surface area contributed by atoms with Gasteiger partial charge in [-0.2, -0.15) is 0 Å². The van der Waals surface area contributed by atoms with Gasteiger partial charge in [0, 0.05) is 44.2 Å². The number of hydrogen-bond acceptors (Lipinski definition) is 4. The summed E-state index contributed by atoms with van der Waals surface area (Å²) >= 11 is 0. The summed E-state index contributed by atoms with van der Waals surface area (Å²) in [4.78, 5) is 20.6. The van der Waals surface area contributed by atoms with Crippen molar-refractivity contribution in [1.29, 1.82) is 0 Å². The fraction of sp³-hybridized carbons (Fsp3) is 0.333. The Bertz CT molecular complexity index is 1040. The van der Waals surface area contributed by atoms with Crippen molar-refractivity contribution in [3.8, 4) is 0 Å². The van der Waals surface area contributed by atoms with Gasteiger partial charge in [0.05, 0.1) is 12.8 Å². The van der Waals surface area contributed by atoms with Crippen molar-refractivity contribution < 1.29 is 18.0 Å². The van der Waals surface area contributed by atoms with Gasteiger partial charge in [0.15, 0.2) is 11.7 Å². The highest BCUT2D eigenvalue weighted by Crippen LogP contribution is 2.26. The Morgan fingerprint density at radius 1 is 1.20 bits per heavy atom. The fourth-order valence-electron chi connectivity index (χ4n) is 3.58. The summed E-state index contributed by atoms with van der Waals surface area (Å²) in [6.45, 7) is 4.86. The summed E-state index contributed by atoms with van der Waals surface area (Å²) in [5, 5.41) is 4.09. The average molecular weight is 526 g/mol. The second-order valence-electron chi connectivity index (χ2n) is 6.95. The lowest BCUT2D eigenvalue weighted by Gasteiger charge is -2.36. The minimum Gasteiger partial charge on any atom is -0.459 e. The number of carbonyl (C=O) groups is 1. The molecule has 3 aromatic rings. The van der Waals surface area contributed by atoms with E-state index in [0.29, 0.717) is 44.1 Å². The molecule has 1 aliphatic rings. The van der Waals surface area contributed by atoms with Crippen molar-refractivity contribution in [2.45, 2.75) is 13.5 Å². The third-order valence-electron chi connectivity index (χ3n) is 5.21. The number of rotatable bonds is 3. The Kier molecular flexibility index (Phi) is 7.01. The minimum atomic E-state index is -0.279. The molecule has 0 unspecified atom stereocenters. The highest BCUT2D eigenvalue weighted by molar-refractivity contribution is 14.0. The Balaban J connectivity index is 0.00000256. The number of amides is 1. The van der Waals surface area contributed by atoms with Crippen molar-refractivity contribution >= 4 is 46.8 Å². The monoisotopic (exact) mass is 526 g/mol. The molecule has 0 radical (unpaired) electrons. The Morgan fingerprint density at radius 3 is 2.60 bits per heavy atom. The van der Waals surface area contributed by atoms with E-state index in [1.807, 2.05) is 6.92 Å². The smallest absolute Gasteiger partial charge is 0.289 e. The average Bonchev–Trinajstić information content (AvgIpc) is 3.38. The zero-order valence-corrected chi connectivity index (χ0v) is 19.2. The molecule has 7 nitrogen and oxygen atoms in total. The standard InChI is InChI=1S/C21H23FN4O3.HI/c1-14-16-12-15(22)5-6-17(16)29-19(14)13-24-21(23-2)26-9-7-25(8-10-26)20(27)18-4-3-11-28-18;/h3-6,11-12H,7-10,13H2,1-2H3,(H,23,24);1H. The van der Waals surface area contributed by atoms with Crippen molar-refractivity contribution in [3.05, 3.63) is 59.5 Å². The van der Waals surface area contributed by atoms with Gasteiger partial charge in [-0.3, -0.25) is 9.79 Å². The number of piperazine rings is 1. The molecule has 1 aromatic carbocycles. The van der Waals surface area contributed by atoms with E-state index in [9.17, 15) is 9.18 Å². The molecule has 1 aliphatic heterocycles. The molecule has 30 heavy (non-hydrogen) atoms. The number of aryl methyl sites for hydroxylation is 1. The summed E-state index contributed by atoms with van der Waals surface area (Å²) in [6, 6.07) is 7.91. The molecular formula is C21H24FIN4O3. The fourth-order valence-corrected chi connectivity index (χ4v) is 3.58. The molecule has 0 bridgehead atoms. The maximum absolute atomic E-state index is 13.5. The van der Waals surface area contributed by atoms with E-state index in [0.717, 1.165) is 22.7 Å². The molecule has 1 N–H and O–H groups in total. The molecular weight excluding hydrogens is 502 g/mol. The predicted molar refractivity (Wildman–Crippen MR) is 123 cm³/mol. The molecule has 0 saturated carbocycles. The number of aliphatic imine (C=N–C) groups is 1. The summed E-state index contributed by atoms with van der Waals surface area (Å²) < 4.78 is 24.6. The van der Waals surface area contributed by atoms with E-state index in [1.165, 1.54) is 18.4 Å². The molecule has 160 valence electrons. The molecule has 0 aliphatic carbocycles. The van der Waals surface area contributed by atoms with E-state index in [4.69, 9.17) is 8.83 Å². The van der Waals surface area contributed by atoms with Crippen LogP contribution >= 0.6 is 24.0 Å². The van der Waals surface area contributed by atoms with Gasteiger partial charge in [-0.05, 0) is 37.3 Å². The topological polar surface area (TPSA) is 74.2 Å². The number of halogens is 2. The Labute approximate surface area is 190 Å². The second kappa shape index (κ2) is 9.50. The lowest BCUT2D eigenvalue weighted by atomic mass is 10.1. The summed E-state index contributed by atoms with van der Waals surface area (Å²) in [5.74, 6) is 1.47. The van der Waals surface area contributed by atoms with E-state index >= 15 is 0 Å². The predicted octanol–water partition coefficient (Wildman–Crippen LogP) is 3.62. The van der Waals surface area contributed by atoms with Crippen LogP contribution in [0.2, 0.25) is 0 Å². The van der Waals surface area contributed by atoms with Crippen LogP contribution in [0.5, 0.6) is 0 Å². The van der Waals surface area contributed by atoms with Crippen LogP contribution in [0.25, 0.3) is 11.0 Å². The van der Waals surface area contributed by atoms with E-state index in [2.05, 4.69) is 15.2 Å². The van der Waals surface area contributed by atoms with Crippen LogP contribution < -0.4 is 5.32 Å². The molecule has 0 spiro atoms. The highest BCUT2D eigenvalue weighted by Gasteiger charge is 2.25. The normalized spacial score (nSPS) is 14.7. The quantitative estimate of drug-likeness (QED) is 0.321. The molecule has 4 rings (SSSR count). The summed E-state index contributed by atoms with van der Waals surface area (Å²) in [6.07, 6.45) is 1.50. The second-order valence-corrected chi connectivity index (χ2v) is 6.95. The highest BCUT2D eigenvalue weighted by atomic mass is 127. The number of benzene rings is 1. The lowest BCUT2D eigenvalue weighted by molar-refractivity contribution is 0.0657. The molecule has 3 heterocycles. The molecule has 1 amide bonds. The molecule has 1 fully saturated rings. The SMILES string of the molecule is CN=C(NCc1oc2ccc(F)cc2c1C)N1CCN(C(=O)c2ccco2)CC1.I. The number of hydrogen-bond donors (Lipinski definition) is 1. The molecule has 9 heteroatoms. The van der Waals surface area contributed by atoms with Crippen LogP contribution in [0.4, 0.5) is 4.39 Å². The van der Waals surface area contributed by atoms with Gasteiger partial charge < -0.3 is 24.0 Å². The third kappa shape index (κ3) is 4.45. The van der Waals surface area contributed by atoms with Crippen LogP contribution in [-0.4, -0.2) is 54.9 Å². The van der Waals surface area contributed by atoms with Crippen LogP contribution in [0.15, 0.2) is 50.4 Å². The number of nitrogens with zero attached hydrogens (tertiary/aromatic N) is 3. The van der Waals surface area contributed by atoms with Crippen LogP contribution in [0, 0.1) is 12.7 Å². The first-order chi connectivity index (χ1) is 14.1. The number of guanidine groups is 1. The molecule has 2 aromatic heterocycles. The zero-order chi connectivity index (χ0) is 20.4. The van der Waals surface area contributed by atoms with Gasteiger partial charge in [0.25, 0.3) is 5.91 Å². The van der Waals surface area contributed by atoms with Crippen molar-refractivity contribution in [2.24, 2.45) is 4.99 Å². The lowest BCUT2D eigenvalue weighted by Crippen LogP contribution is -2.53. The van der Waals surface area contributed by atoms with Gasteiger partial charge in [0.2, 0.25) is 0 Å². The first-order valence-electron chi connectivity index (χ1n) is 9.52. The van der Waals surface area contributed by atoms with E-state index < -0.39 is 0 Å². The van der Waals surface area contributed by atoms with Crippen molar-refractivity contribution in [2.75, 3.05) is 33.2 Å². The van der Waals surface area contributed by atoms with Gasteiger partial charge in [0.1, 0.15) is 17.2 Å². The van der Waals surface area contributed by atoms with Gasteiger partial charge >= 0.3 is 0 Å². The van der Waals surface area contributed by atoms with Gasteiger partial charge in [-0.1, -0.05) is 0 Å². The van der Waals surface area contributed by atoms with E-state index in [-0.39, 0.29) is 35.7 Å². The first-order valence-corrected chi connectivity index (χ1v) is 9.52. The van der Waals surface area contributed by atoms with Crippen LogP contribution in [0.3, 0.4) is 0 Å². The van der Waals surface area contributed by atoms with Crippen LogP contribution in [0.1, 0.15) is 21.9 Å². The maximum Gasteiger partial charge on any atom is 0.289 e. The summed E-state index contributed by atoms with van der Waals surface area (Å²) in [5.41, 5.74) is 1.58. The first kappa shape index (κ1) is 22.1. The van der Waals surface area contributed by atoms with Crippen molar-refractivity contribution in [1.82, 2.24) is 15.1 Å². The van der Waals surface area contributed by atoms with E-state index in [1.54, 1.807) is 30.1 Å². The number of carbonyl (C=O) groups excluding carboxylic acids is 1. The number of furan rings is 2. The largest absolute Gasteiger partial charge is 0.459 e. The van der Waals surface area contributed by atoms with Gasteiger partial charge in [-0.15, -0.1) is 24.0 Å².